The number of carbonyl (C=O) groups is 1. The molecule has 3 heteroatoms. The van der Waals surface area contributed by atoms with E-state index < -0.39 is 0 Å². The summed E-state index contributed by atoms with van der Waals surface area (Å²) in [7, 11) is 0. The first kappa shape index (κ1) is 10.7. The van der Waals surface area contributed by atoms with E-state index in [1.54, 1.807) is 15.7 Å². The highest BCUT2D eigenvalue weighted by atomic mass is 16.2. The molecule has 0 bridgehead atoms. The van der Waals surface area contributed by atoms with Gasteiger partial charge in [0.05, 0.1) is 5.52 Å². The molecule has 1 aromatic carbocycles. The van der Waals surface area contributed by atoms with Crippen LogP contribution in [0.1, 0.15) is 13.8 Å². The van der Waals surface area contributed by atoms with Gasteiger partial charge in [0, 0.05) is 30.7 Å². The van der Waals surface area contributed by atoms with Crippen LogP contribution < -0.4 is 0 Å². The van der Waals surface area contributed by atoms with Crippen LogP contribution in [-0.2, 0) is 0 Å². The number of carbonyl (C=O) groups excluding carboxylic acids is 1. The summed E-state index contributed by atoms with van der Waals surface area (Å²) in [6, 6.07) is 10.9. The Kier molecular flexibility index (Phi) is 2.95. The van der Waals surface area contributed by atoms with Crippen molar-refractivity contribution >= 4 is 16.9 Å². The van der Waals surface area contributed by atoms with Crippen LogP contribution in [0.4, 0.5) is 4.79 Å². The summed E-state index contributed by atoms with van der Waals surface area (Å²) in [6.45, 7) is 5.41. The lowest BCUT2D eigenvalue weighted by Crippen LogP contribution is -2.33. The van der Waals surface area contributed by atoms with Crippen LogP contribution in [-0.4, -0.2) is 28.6 Å². The Morgan fingerprint density at radius 1 is 1.31 bits per heavy atom. The van der Waals surface area contributed by atoms with Gasteiger partial charge in [0.1, 0.15) is 0 Å². The highest BCUT2D eigenvalue weighted by Gasteiger charge is 2.13. The van der Waals surface area contributed by atoms with Crippen molar-refractivity contribution in [3.63, 3.8) is 0 Å². The quantitative estimate of drug-likeness (QED) is 0.756. The van der Waals surface area contributed by atoms with Crippen molar-refractivity contribution in [1.29, 1.82) is 0 Å². The van der Waals surface area contributed by atoms with Gasteiger partial charge in [0.2, 0.25) is 0 Å². The van der Waals surface area contributed by atoms with Crippen molar-refractivity contribution in [2.24, 2.45) is 0 Å². The largest absolute Gasteiger partial charge is 0.328 e. The monoisotopic (exact) mass is 215 g/mol. The van der Waals surface area contributed by atoms with Gasteiger partial charge in [-0.1, -0.05) is 18.2 Å². The Morgan fingerprint density at radius 2 is 2.00 bits per heavy atom. The van der Waals surface area contributed by atoms with Crippen LogP contribution in [0.5, 0.6) is 0 Å². The van der Waals surface area contributed by atoms with Crippen molar-refractivity contribution in [3.8, 4) is 0 Å². The van der Waals surface area contributed by atoms with Gasteiger partial charge in [-0.25, -0.2) is 4.79 Å². The molecule has 0 saturated carbocycles. The molecule has 2 rings (SSSR count). The molecule has 1 aromatic heterocycles. The molecule has 1 radical (unpaired) electrons. The summed E-state index contributed by atoms with van der Waals surface area (Å²) in [5.41, 5.74) is 0.916. The summed E-state index contributed by atoms with van der Waals surface area (Å²) in [5, 5.41) is 0.975. The Balaban J connectivity index is 2.43. The number of amides is 1. The van der Waals surface area contributed by atoms with Crippen LogP contribution in [0, 0.1) is 6.07 Å². The minimum Gasteiger partial charge on any atom is -0.325 e. The van der Waals surface area contributed by atoms with Gasteiger partial charge in [0.15, 0.2) is 0 Å². The highest BCUT2D eigenvalue weighted by Crippen LogP contribution is 2.15. The zero-order valence-corrected chi connectivity index (χ0v) is 9.60. The van der Waals surface area contributed by atoms with Gasteiger partial charge in [-0.05, 0) is 19.9 Å². The van der Waals surface area contributed by atoms with Crippen molar-refractivity contribution in [3.05, 3.63) is 36.5 Å². The summed E-state index contributed by atoms with van der Waals surface area (Å²) in [4.78, 5) is 13.9. The molecular formula is C13H15N2O. The number of fused-ring (bicyclic) bond motifs is 1. The van der Waals surface area contributed by atoms with Crippen LogP contribution in [0.3, 0.4) is 0 Å². The lowest BCUT2D eigenvalue weighted by molar-refractivity contribution is 0.206. The Morgan fingerprint density at radius 3 is 2.69 bits per heavy atom. The minimum absolute atomic E-state index is 0.0162. The third kappa shape index (κ3) is 1.69. The average molecular weight is 215 g/mol. The molecule has 0 unspecified atom stereocenters. The summed E-state index contributed by atoms with van der Waals surface area (Å²) in [6.07, 6.45) is 1.71. The number of benzene rings is 1. The molecule has 0 atom stereocenters. The lowest BCUT2D eigenvalue weighted by Gasteiger charge is -2.19. The van der Waals surface area contributed by atoms with E-state index in [0.29, 0.717) is 0 Å². The molecule has 0 aliphatic carbocycles. The fourth-order valence-electron chi connectivity index (χ4n) is 1.81. The van der Waals surface area contributed by atoms with E-state index in [2.05, 4.69) is 6.07 Å². The average Bonchev–Trinajstić information content (AvgIpc) is 2.74. The van der Waals surface area contributed by atoms with E-state index in [1.165, 1.54) is 0 Å². The van der Waals surface area contributed by atoms with E-state index in [1.807, 2.05) is 38.1 Å². The van der Waals surface area contributed by atoms with Crippen molar-refractivity contribution in [2.75, 3.05) is 13.1 Å². The zero-order valence-electron chi connectivity index (χ0n) is 9.60. The van der Waals surface area contributed by atoms with Gasteiger partial charge in [-0.15, -0.1) is 0 Å². The third-order valence-corrected chi connectivity index (χ3v) is 2.75. The second-order valence-corrected chi connectivity index (χ2v) is 3.62. The minimum atomic E-state index is 0.0162. The van der Waals surface area contributed by atoms with E-state index >= 15 is 0 Å². The van der Waals surface area contributed by atoms with Gasteiger partial charge in [0.25, 0.3) is 0 Å². The van der Waals surface area contributed by atoms with E-state index in [0.717, 1.165) is 24.0 Å². The fraction of sp³-hybridized carbons (Fsp3) is 0.308. The van der Waals surface area contributed by atoms with E-state index in [-0.39, 0.29) is 6.03 Å². The predicted octanol–water partition coefficient (Wildman–Crippen LogP) is 2.75. The molecule has 0 fully saturated rings. The fourth-order valence-corrected chi connectivity index (χ4v) is 1.81. The maximum atomic E-state index is 12.2. The highest BCUT2D eigenvalue weighted by molar-refractivity contribution is 5.91. The number of hydrogen-bond acceptors (Lipinski definition) is 1. The van der Waals surface area contributed by atoms with Gasteiger partial charge in [-0.3, -0.25) is 4.57 Å². The van der Waals surface area contributed by atoms with Crippen LogP contribution >= 0.6 is 0 Å². The van der Waals surface area contributed by atoms with Gasteiger partial charge >= 0.3 is 6.03 Å². The first-order valence-corrected chi connectivity index (χ1v) is 5.55. The molecule has 0 aliphatic rings. The van der Waals surface area contributed by atoms with Crippen LogP contribution in [0.15, 0.2) is 30.5 Å². The van der Waals surface area contributed by atoms with Crippen molar-refractivity contribution < 1.29 is 4.79 Å². The second kappa shape index (κ2) is 4.39. The topological polar surface area (TPSA) is 25.2 Å². The molecule has 1 heterocycles. The maximum Gasteiger partial charge on any atom is 0.328 e. The lowest BCUT2D eigenvalue weighted by atomic mass is 10.2. The molecule has 1 amide bonds. The number of nitrogens with zero attached hydrogens (tertiary/aromatic N) is 2. The molecule has 0 aliphatic heterocycles. The van der Waals surface area contributed by atoms with Crippen molar-refractivity contribution in [1.82, 2.24) is 9.47 Å². The molecule has 83 valence electrons. The molecule has 16 heavy (non-hydrogen) atoms. The number of hydrogen-bond donors (Lipinski definition) is 0. The maximum absolute atomic E-state index is 12.2. The molecule has 0 N–H and O–H groups in total. The van der Waals surface area contributed by atoms with Gasteiger partial charge in [-0.2, -0.15) is 0 Å². The second-order valence-electron chi connectivity index (χ2n) is 3.62. The van der Waals surface area contributed by atoms with Crippen molar-refractivity contribution in [2.45, 2.75) is 13.8 Å². The molecule has 0 spiro atoms. The zero-order chi connectivity index (χ0) is 11.5. The summed E-state index contributed by atoms with van der Waals surface area (Å²) in [5.74, 6) is 0. The number of para-hydroxylation sites is 1. The molecule has 0 saturated heterocycles. The standard InChI is InChI=1S/C13H15N2O/c1-3-14(4-2)13(16)15-10-9-11-7-5-6-8-12(11)15/h5-8,10H,3-4H2,1-2H3. The first-order valence-electron chi connectivity index (χ1n) is 5.55. The van der Waals surface area contributed by atoms with E-state index in [4.69, 9.17) is 0 Å². The Bertz CT molecular complexity index is 497. The van der Waals surface area contributed by atoms with Crippen LogP contribution in [0.25, 0.3) is 10.9 Å². The SMILES string of the molecule is CCN(CC)C(=O)n1c[c]c2ccccc21. The predicted molar refractivity (Wildman–Crippen MR) is 64.5 cm³/mol. The van der Waals surface area contributed by atoms with Crippen LogP contribution in [0.2, 0.25) is 0 Å². The smallest absolute Gasteiger partial charge is 0.325 e. The Hall–Kier alpha value is -1.77. The van der Waals surface area contributed by atoms with E-state index in [9.17, 15) is 4.79 Å². The summed E-state index contributed by atoms with van der Waals surface area (Å²) < 4.78 is 1.66. The summed E-state index contributed by atoms with van der Waals surface area (Å²) >= 11 is 0. The number of rotatable bonds is 2. The third-order valence-electron chi connectivity index (χ3n) is 2.75. The normalized spacial score (nSPS) is 10.6. The first-order chi connectivity index (χ1) is 7.77. The Labute approximate surface area is 95.3 Å². The molecular weight excluding hydrogens is 200 g/mol. The molecule has 3 nitrogen and oxygen atoms in total. The number of aromatic nitrogens is 1. The molecule has 2 aromatic rings. The van der Waals surface area contributed by atoms with Gasteiger partial charge < -0.3 is 4.90 Å².